The van der Waals surface area contributed by atoms with E-state index in [1.807, 2.05) is 12.2 Å². The van der Waals surface area contributed by atoms with E-state index in [0.717, 1.165) is 25.7 Å². The van der Waals surface area contributed by atoms with Gasteiger partial charge in [0.25, 0.3) is 0 Å². The van der Waals surface area contributed by atoms with E-state index in [0.29, 0.717) is 6.42 Å². The lowest BCUT2D eigenvalue weighted by Crippen LogP contribution is -1.91. The zero-order valence-corrected chi connectivity index (χ0v) is 9.06. The third-order valence-electron chi connectivity index (χ3n) is 1.89. The van der Waals surface area contributed by atoms with Gasteiger partial charge in [-0.25, -0.2) is 0 Å². The first kappa shape index (κ1) is 13.9. The molecule has 0 aliphatic heterocycles. The molecule has 3 nitrogen and oxygen atoms in total. The van der Waals surface area contributed by atoms with E-state index >= 15 is 0 Å². The van der Waals surface area contributed by atoms with Crippen molar-refractivity contribution in [3.8, 4) is 0 Å². The second-order valence-corrected chi connectivity index (χ2v) is 3.32. The maximum Gasteiger partial charge on any atom is 0.303 e. The van der Waals surface area contributed by atoms with Gasteiger partial charge in [0, 0.05) is 13.0 Å². The van der Waals surface area contributed by atoms with Crippen molar-refractivity contribution < 1.29 is 15.0 Å². The van der Waals surface area contributed by atoms with Gasteiger partial charge in [-0.3, -0.25) is 4.79 Å². The Bertz CT molecular complexity index is 207. The van der Waals surface area contributed by atoms with E-state index in [-0.39, 0.29) is 13.0 Å². The molecule has 0 aromatic heterocycles. The van der Waals surface area contributed by atoms with E-state index in [4.69, 9.17) is 10.2 Å². The molecule has 0 saturated carbocycles. The molecule has 0 spiro atoms. The Morgan fingerprint density at radius 1 is 0.933 bits per heavy atom. The number of aliphatic hydroxyl groups is 1. The van der Waals surface area contributed by atoms with E-state index in [2.05, 4.69) is 12.2 Å². The van der Waals surface area contributed by atoms with Gasteiger partial charge in [-0.05, 0) is 32.1 Å². The quantitative estimate of drug-likeness (QED) is 0.456. The molecule has 2 N–H and O–H groups in total. The van der Waals surface area contributed by atoms with Crippen LogP contribution in [0.3, 0.4) is 0 Å². The number of rotatable bonds is 9. The number of carbonyl (C=O) groups is 1. The number of aliphatic hydroxyl groups excluding tert-OH is 1. The summed E-state index contributed by atoms with van der Waals surface area (Å²) in [5.74, 6) is -0.747. The fourth-order valence-electron chi connectivity index (χ4n) is 1.08. The molecule has 0 radical (unpaired) electrons. The van der Waals surface area contributed by atoms with Crippen LogP contribution in [0.2, 0.25) is 0 Å². The topological polar surface area (TPSA) is 57.5 Å². The Balaban J connectivity index is 3.22. The minimum atomic E-state index is -0.747. The highest BCUT2D eigenvalue weighted by Crippen LogP contribution is 1.98. The number of carboxylic acids is 1. The smallest absolute Gasteiger partial charge is 0.303 e. The van der Waals surface area contributed by atoms with Crippen molar-refractivity contribution in [2.75, 3.05) is 6.61 Å². The molecule has 0 amide bonds. The van der Waals surface area contributed by atoms with Crippen LogP contribution in [-0.4, -0.2) is 22.8 Å². The molecule has 0 bridgehead atoms. The van der Waals surface area contributed by atoms with Crippen LogP contribution in [0, 0.1) is 0 Å². The zero-order valence-electron chi connectivity index (χ0n) is 9.06. The van der Waals surface area contributed by atoms with Crippen LogP contribution >= 0.6 is 0 Å². The first-order chi connectivity index (χ1) is 7.27. The lowest BCUT2D eigenvalue weighted by molar-refractivity contribution is -0.136. The second-order valence-electron chi connectivity index (χ2n) is 3.32. The van der Waals surface area contributed by atoms with Crippen molar-refractivity contribution in [3.63, 3.8) is 0 Å². The monoisotopic (exact) mass is 212 g/mol. The van der Waals surface area contributed by atoms with Crippen LogP contribution in [0.15, 0.2) is 24.3 Å². The van der Waals surface area contributed by atoms with Gasteiger partial charge in [-0.2, -0.15) is 0 Å². The first-order valence-electron chi connectivity index (χ1n) is 5.40. The third-order valence-corrected chi connectivity index (χ3v) is 1.89. The van der Waals surface area contributed by atoms with Crippen molar-refractivity contribution in [1.82, 2.24) is 0 Å². The van der Waals surface area contributed by atoms with Crippen molar-refractivity contribution in [1.29, 1.82) is 0 Å². The predicted molar refractivity (Wildman–Crippen MR) is 60.7 cm³/mol. The number of unbranched alkanes of at least 4 members (excludes halogenated alkanes) is 2. The van der Waals surface area contributed by atoms with Crippen LogP contribution in [0.1, 0.15) is 38.5 Å². The van der Waals surface area contributed by atoms with Gasteiger partial charge in [-0.15, -0.1) is 0 Å². The van der Waals surface area contributed by atoms with Gasteiger partial charge in [0.2, 0.25) is 0 Å². The molecule has 15 heavy (non-hydrogen) atoms. The first-order valence-corrected chi connectivity index (χ1v) is 5.40. The fourth-order valence-corrected chi connectivity index (χ4v) is 1.08. The maximum absolute atomic E-state index is 10.2. The Hall–Kier alpha value is -1.09. The number of hydrogen-bond donors (Lipinski definition) is 2. The molecule has 0 atom stereocenters. The molecule has 0 heterocycles. The molecule has 0 fully saturated rings. The van der Waals surface area contributed by atoms with E-state index < -0.39 is 5.97 Å². The second kappa shape index (κ2) is 11.0. The third kappa shape index (κ3) is 12.9. The molecule has 0 aliphatic rings. The molecule has 0 aromatic rings. The number of carboxylic acid groups (broad SMARTS) is 1. The van der Waals surface area contributed by atoms with Crippen LogP contribution < -0.4 is 0 Å². The Labute approximate surface area is 91.1 Å². The summed E-state index contributed by atoms with van der Waals surface area (Å²) in [4.78, 5) is 10.2. The van der Waals surface area contributed by atoms with E-state index in [9.17, 15) is 4.79 Å². The van der Waals surface area contributed by atoms with Gasteiger partial charge in [0.1, 0.15) is 0 Å². The Morgan fingerprint density at radius 2 is 1.47 bits per heavy atom. The minimum absolute atomic E-state index is 0.211. The normalized spacial score (nSPS) is 11.5. The Morgan fingerprint density at radius 3 is 2.00 bits per heavy atom. The average molecular weight is 212 g/mol. The summed E-state index contributed by atoms with van der Waals surface area (Å²) in [6, 6.07) is 0. The molecule has 0 aliphatic carbocycles. The highest BCUT2D eigenvalue weighted by Gasteiger charge is 1.90. The molecule has 0 rings (SSSR count). The van der Waals surface area contributed by atoms with Crippen LogP contribution in [0.25, 0.3) is 0 Å². The Kier molecular flexibility index (Phi) is 10.2. The average Bonchev–Trinajstić information content (AvgIpc) is 2.20. The minimum Gasteiger partial charge on any atom is -0.481 e. The van der Waals surface area contributed by atoms with Gasteiger partial charge < -0.3 is 10.2 Å². The lowest BCUT2D eigenvalue weighted by Gasteiger charge is -1.90. The summed E-state index contributed by atoms with van der Waals surface area (Å²) in [7, 11) is 0. The predicted octanol–water partition coefficient (Wildman–Crippen LogP) is 2.52. The summed E-state index contributed by atoms with van der Waals surface area (Å²) in [6.45, 7) is 0.249. The lowest BCUT2D eigenvalue weighted by atomic mass is 10.2. The molecule has 86 valence electrons. The maximum atomic E-state index is 10.2. The summed E-state index contributed by atoms with van der Waals surface area (Å²) in [6.07, 6.45) is 12.6. The number of hydrogen-bond acceptors (Lipinski definition) is 2. The van der Waals surface area contributed by atoms with Gasteiger partial charge in [-0.1, -0.05) is 24.3 Å². The van der Waals surface area contributed by atoms with Crippen molar-refractivity contribution >= 4 is 5.97 Å². The summed E-state index contributed by atoms with van der Waals surface area (Å²) >= 11 is 0. The summed E-state index contributed by atoms with van der Waals surface area (Å²) in [5, 5.41) is 16.9. The number of allylic oxidation sites excluding steroid dienone is 4. The molecule has 3 heteroatoms. The van der Waals surface area contributed by atoms with Crippen LogP contribution in [0.4, 0.5) is 0 Å². The molecule has 0 unspecified atom stereocenters. The van der Waals surface area contributed by atoms with E-state index in [1.54, 1.807) is 0 Å². The van der Waals surface area contributed by atoms with Crippen molar-refractivity contribution in [2.24, 2.45) is 0 Å². The molecular weight excluding hydrogens is 192 g/mol. The summed E-state index contributed by atoms with van der Waals surface area (Å²) < 4.78 is 0. The van der Waals surface area contributed by atoms with Crippen molar-refractivity contribution in [3.05, 3.63) is 24.3 Å². The highest BCUT2D eigenvalue weighted by atomic mass is 16.4. The molecular formula is C12H20O3. The number of aliphatic carboxylic acids is 1. The van der Waals surface area contributed by atoms with Gasteiger partial charge >= 0.3 is 5.97 Å². The zero-order chi connectivity index (χ0) is 11.4. The largest absolute Gasteiger partial charge is 0.481 e. The molecule has 0 saturated heterocycles. The van der Waals surface area contributed by atoms with Gasteiger partial charge in [0.05, 0.1) is 0 Å². The van der Waals surface area contributed by atoms with Crippen molar-refractivity contribution in [2.45, 2.75) is 38.5 Å². The SMILES string of the molecule is O=C(O)CCC=CCCC=CCCCO. The summed E-state index contributed by atoms with van der Waals surface area (Å²) in [5.41, 5.74) is 0. The van der Waals surface area contributed by atoms with Gasteiger partial charge in [0.15, 0.2) is 0 Å². The highest BCUT2D eigenvalue weighted by molar-refractivity contribution is 5.66. The standard InChI is InChI=1S/C12H20O3/c13-11-9-7-5-3-1-2-4-6-8-10-12(14)15/h3-6,13H,1-2,7-11H2,(H,14,15). The molecule has 0 aromatic carbocycles. The van der Waals surface area contributed by atoms with Crippen LogP contribution in [0.5, 0.6) is 0 Å². The van der Waals surface area contributed by atoms with Crippen LogP contribution in [-0.2, 0) is 4.79 Å². The van der Waals surface area contributed by atoms with E-state index in [1.165, 1.54) is 0 Å². The fraction of sp³-hybridized carbons (Fsp3) is 0.583.